The second kappa shape index (κ2) is 16.2. The molecular formula is C46H50N8O8. The molecule has 2 saturated heterocycles. The van der Waals surface area contributed by atoms with Gasteiger partial charge in [-0.15, -0.1) is 0 Å². The monoisotopic (exact) mass is 842 g/mol. The molecule has 16 nitrogen and oxygen atoms in total. The molecule has 4 aliphatic rings. The third kappa shape index (κ3) is 7.36. The van der Waals surface area contributed by atoms with E-state index in [1.807, 2.05) is 43.9 Å². The molecule has 322 valence electrons. The van der Waals surface area contributed by atoms with Crippen LogP contribution in [0.15, 0.2) is 67.0 Å². The topological polar surface area (TPSA) is 207 Å². The number of ether oxygens (including phenoxy) is 4. The van der Waals surface area contributed by atoms with Gasteiger partial charge in [-0.2, -0.15) is 0 Å². The van der Waals surface area contributed by atoms with Gasteiger partial charge in [-0.05, 0) is 62.3 Å². The molecule has 0 unspecified atom stereocenters. The van der Waals surface area contributed by atoms with Crippen LogP contribution in [0, 0.1) is 11.8 Å². The smallest absolute Gasteiger partial charge is 0.407 e. The first-order chi connectivity index (χ1) is 29.9. The Labute approximate surface area is 358 Å². The third-order valence-corrected chi connectivity index (χ3v) is 12.5. The molecule has 0 aliphatic carbocycles. The van der Waals surface area contributed by atoms with Gasteiger partial charge in [-0.3, -0.25) is 9.59 Å². The normalized spacial score (nSPS) is 20.8. The molecule has 4 aliphatic heterocycles. The second-order valence-corrected chi connectivity index (χ2v) is 17.1. The lowest BCUT2D eigenvalue weighted by atomic mass is 9.87. The van der Waals surface area contributed by atoms with Gasteiger partial charge in [0.1, 0.15) is 42.4 Å². The predicted molar refractivity (Wildman–Crippen MR) is 226 cm³/mol. The summed E-state index contributed by atoms with van der Waals surface area (Å²) >= 11 is 0. The molecule has 0 radical (unpaired) electrons. The van der Waals surface area contributed by atoms with Gasteiger partial charge >= 0.3 is 12.2 Å². The van der Waals surface area contributed by atoms with Crippen molar-refractivity contribution in [2.45, 2.75) is 90.4 Å². The SMILES string of the molecule is COC(=O)N[C@H](C(=O)N1[C@@H](C)CC[C@H]1c1ncc(-c2cc3c4c(c2)OCc2cc(-c5cnc([C@@H]6C[C@H](C)CN6C(=O)[C@H](OC(N)=O)c6ccccc6)[nH]5)cc(c2-4)OC3)[nH]1)C(C)C. The number of hydrogen-bond acceptors (Lipinski definition) is 10. The van der Waals surface area contributed by atoms with Crippen LogP contribution in [-0.4, -0.2) is 79.5 Å². The van der Waals surface area contributed by atoms with Crippen molar-refractivity contribution in [3.05, 3.63) is 95.3 Å². The van der Waals surface area contributed by atoms with Crippen molar-refractivity contribution in [3.63, 3.8) is 0 Å². The number of nitrogens with one attached hydrogen (secondary N) is 3. The van der Waals surface area contributed by atoms with Gasteiger partial charge in [0.15, 0.2) is 0 Å². The van der Waals surface area contributed by atoms with E-state index in [0.717, 1.165) is 69.1 Å². The van der Waals surface area contributed by atoms with E-state index in [9.17, 15) is 19.2 Å². The minimum Gasteiger partial charge on any atom is -0.488 e. The summed E-state index contributed by atoms with van der Waals surface area (Å²) in [5, 5.41) is 2.72. The molecule has 2 aromatic heterocycles. The number of aromatic nitrogens is 4. The number of alkyl carbamates (subject to hydrolysis) is 1. The Morgan fingerprint density at radius 1 is 0.839 bits per heavy atom. The maximum absolute atomic E-state index is 14.0. The van der Waals surface area contributed by atoms with Gasteiger partial charge in [-0.25, -0.2) is 19.6 Å². The summed E-state index contributed by atoms with van der Waals surface area (Å²) < 4.78 is 23.1. The fourth-order valence-electron chi connectivity index (χ4n) is 9.48. The maximum atomic E-state index is 14.0. The molecular weight excluding hydrogens is 793 g/mol. The summed E-state index contributed by atoms with van der Waals surface area (Å²) in [6, 6.07) is 15.7. The summed E-state index contributed by atoms with van der Waals surface area (Å²) in [7, 11) is 1.29. The number of nitrogens with zero attached hydrogens (tertiary/aromatic N) is 4. The first kappa shape index (κ1) is 40.6. The fourth-order valence-corrected chi connectivity index (χ4v) is 9.48. The number of likely N-dealkylation sites (tertiary alicyclic amines) is 2. The average Bonchev–Trinajstić information content (AvgIpc) is 4.10. The number of benzene rings is 3. The average molecular weight is 843 g/mol. The van der Waals surface area contributed by atoms with Gasteiger partial charge in [0.25, 0.3) is 5.91 Å². The number of methoxy groups -OCH3 is 1. The Hall–Kier alpha value is -6.84. The minimum absolute atomic E-state index is 0.0350. The Bertz CT molecular complexity index is 2500. The number of hydrogen-bond donors (Lipinski definition) is 4. The summed E-state index contributed by atoms with van der Waals surface area (Å²) in [5.74, 6) is 2.32. The summed E-state index contributed by atoms with van der Waals surface area (Å²) in [4.78, 5) is 72.0. The Kier molecular flexibility index (Phi) is 10.6. The van der Waals surface area contributed by atoms with Crippen molar-refractivity contribution in [2.24, 2.45) is 17.6 Å². The molecule has 16 heteroatoms. The van der Waals surface area contributed by atoms with Crippen molar-refractivity contribution in [2.75, 3.05) is 13.7 Å². The molecule has 62 heavy (non-hydrogen) atoms. The van der Waals surface area contributed by atoms with Gasteiger partial charge in [-0.1, -0.05) is 51.1 Å². The van der Waals surface area contributed by atoms with Crippen LogP contribution in [-0.2, 0) is 32.3 Å². The third-order valence-electron chi connectivity index (χ3n) is 12.5. The van der Waals surface area contributed by atoms with E-state index < -0.39 is 24.3 Å². The Balaban J connectivity index is 0.956. The summed E-state index contributed by atoms with van der Waals surface area (Å²) in [6.07, 6.45) is 2.94. The molecule has 0 bridgehead atoms. The molecule has 5 aromatic rings. The summed E-state index contributed by atoms with van der Waals surface area (Å²) in [5.41, 5.74) is 13.2. The number of nitrogens with two attached hydrogens (primary N) is 1. The lowest BCUT2D eigenvalue weighted by Gasteiger charge is -2.33. The van der Waals surface area contributed by atoms with Gasteiger partial charge in [0.2, 0.25) is 12.0 Å². The highest BCUT2D eigenvalue weighted by atomic mass is 16.6. The number of carbonyl (C=O) groups excluding carboxylic acids is 4. The van der Waals surface area contributed by atoms with E-state index in [1.54, 1.807) is 41.6 Å². The van der Waals surface area contributed by atoms with Crippen LogP contribution in [0.5, 0.6) is 11.5 Å². The molecule has 5 N–H and O–H groups in total. The van der Waals surface area contributed by atoms with E-state index in [2.05, 4.69) is 34.3 Å². The predicted octanol–water partition coefficient (Wildman–Crippen LogP) is 7.10. The highest BCUT2D eigenvalue weighted by molar-refractivity contribution is 5.89. The number of H-pyrrole nitrogens is 2. The van der Waals surface area contributed by atoms with Crippen LogP contribution < -0.4 is 20.5 Å². The van der Waals surface area contributed by atoms with Crippen molar-refractivity contribution >= 4 is 24.0 Å². The van der Waals surface area contributed by atoms with E-state index in [4.69, 9.17) is 34.6 Å². The largest absolute Gasteiger partial charge is 0.488 e. The number of primary amides is 1. The summed E-state index contributed by atoms with van der Waals surface area (Å²) in [6.45, 7) is 9.01. The molecule has 6 atom stereocenters. The van der Waals surface area contributed by atoms with E-state index in [-0.39, 0.29) is 41.8 Å². The highest BCUT2D eigenvalue weighted by Gasteiger charge is 2.43. The standard InChI is InChI=1S/C46H50N8O8/c1-23(2)39(52-46(58)59-5)43(55)54-25(4)11-12-33(54)41-48-18-31(50-41)27-14-29-21-61-36-17-28(15-30-22-60-35(16-27)37(29)38(30)36)32-19-49-42(51-32)34-13-24(3)20-53(34)44(56)40(62-45(47)57)26-9-7-6-8-10-26/h6-10,14-19,23-25,33-34,39-40H,11-13,20-22H2,1-5H3,(H2,47,57)(H,48,50)(H,49,51)(H,52,58)/t24-,25-,33-,34-,39-,40+/m0/s1. The molecule has 2 fully saturated rings. The number of carbonyl (C=O) groups is 4. The van der Waals surface area contributed by atoms with Crippen LogP contribution in [0.1, 0.15) is 93.5 Å². The number of aromatic amines is 2. The number of imidazole rings is 2. The van der Waals surface area contributed by atoms with Crippen molar-refractivity contribution in [3.8, 4) is 45.1 Å². The first-order valence-corrected chi connectivity index (χ1v) is 21.1. The molecule has 0 saturated carbocycles. The zero-order chi connectivity index (χ0) is 43.4. The Morgan fingerprint density at radius 2 is 1.44 bits per heavy atom. The van der Waals surface area contributed by atoms with Crippen LogP contribution >= 0.6 is 0 Å². The molecule has 3 aromatic carbocycles. The lowest BCUT2D eigenvalue weighted by Crippen LogP contribution is -2.52. The first-order valence-electron chi connectivity index (χ1n) is 21.1. The van der Waals surface area contributed by atoms with Crippen LogP contribution in [0.3, 0.4) is 0 Å². The zero-order valence-electron chi connectivity index (χ0n) is 35.3. The Morgan fingerprint density at radius 3 is 2.00 bits per heavy atom. The van der Waals surface area contributed by atoms with Crippen molar-refractivity contribution < 1.29 is 38.1 Å². The highest BCUT2D eigenvalue weighted by Crippen LogP contribution is 2.51. The van der Waals surface area contributed by atoms with Crippen molar-refractivity contribution in [1.82, 2.24) is 35.1 Å². The van der Waals surface area contributed by atoms with Crippen molar-refractivity contribution in [1.29, 1.82) is 0 Å². The van der Waals surface area contributed by atoms with Gasteiger partial charge < -0.3 is 49.8 Å². The maximum Gasteiger partial charge on any atom is 0.407 e. The van der Waals surface area contributed by atoms with E-state index >= 15 is 0 Å². The van der Waals surface area contributed by atoms with Gasteiger partial charge in [0.05, 0.1) is 43.0 Å². The fraction of sp³-hybridized carbons (Fsp3) is 0.391. The van der Waals surface area contributed by atoms with Crippen LogP contribution in [0.25, 0.3) is 33.6 Å². The lowest BCUT2D eigenvalue weighted by molar-refractivity contribution is -0.142. The zero-order valence-corrected chi connectivity index (χ0v) is 35.3. The number of amides is 4. The molecule has 4 amide bonds. The van der Waals surface area contributed by atoms with Crippen LogP contribution in [0.2, 0.25) is 0 Å². The molecule has 0 spiro atoms. The second-order valence-electron chi connectivity index (χ2n) is 17.1. The van der Waals surface area contributed by atoms with Gasteiger partial charge in [0, 0.05) is 51.5 Å². The minimum atomic E-state index is -1.17. The number of rotatable bonds is 10. The molecule has 9 rings (SSSR count). The van der Waals surface area contributed by atoms with E-state index in [1.165, 1.54) is 7.11 Å². The van der Waals surface area contributed by atoms with Crippen LogP contribution in [0.4, 0.5) is 9.59 Å². The van der Waals surface area contributed by atoms with E-state index in [0.29, 0.717) is 43.4 Å². The molecule has 6 heterocycles. The quantitative estimate of drug-likeness (QED) is 0.112.